The van der Waals surface area contributed by atoms with E-state index >= 15 is 0 Å². The standard InChI is InChI=1S/C16H17N3O/c1-3-16(2,17)15-18-14(20-19-15)13-9-8-11-6-4-5-7-12(11)10-13/h4-10H,3,17H2,1-2H3. The van der Waals surface area contributed by atoms with Gasteiger partial charge in [-0.25, -0.2) is 0 Å². The molecule has 20 heavy (non-hydrogen) atoms. The highest BCUT2D eigenvalue weighted by atomic mass is 16.5. The lowest BCUT2D eigenvalue weighted by atomic mass is 10.00. The maximum absolute atomic E-state index is 6.13. The molecule has 3 aromatic rings. The monoisotopic (exact) mass is 267 g/mol. The molecule has 0 fully saturated rings. The third kappa shape index (κ3) is 2.18. The van der Waals surface area contributed by atoms with Gasteiger partial charge < -0.3 is 10.3 Å². The summed E-state index contributed by atoms with van der Waals surface area (Å²) in [6.45, 7) is 3.91. The molecule has 1 aromatic heterocycles. The molecule has 0 aliphatic rings. The number of hydrogen-bond donors (Lipinski definition) is 1. The largest absolute Gasteiger partial charge is 0.334 e. The number of nitrogens with two attached hydrogens (primary N) is 1. The minimum Gasteiger partial charge on any atom is -0.334 e. The maximum atomic E-state index is 6.13. The molecule has 2 aromatic carbocycles. The van der Waals surface area contributed by atoms with Crippen molar-refractivity contribution < 1.29 is 4.52 Å². The van der Waals surface area contributed by atoms with Crippen LogP contribution >= 0.6 is 0 Å². The Morgan fingerprint density at radius 2 is 1.90 bits per heavy atom. The van der Waals surface area contributed by atoms with E-state index in [-0.39, 0.29) is 0 Å². The van der Waals surface area contributed by atoms with Crippen molar-refractivity contribution in [2.24, 2.45) is 5.73 Å². The van der Waals surface area contributed by atoms with Crippen molar-refractivity contribution >= 4 is 10.8 Å². The van der Waals surface area contributed by atoms with Crippen LogP contribution in [0.15, 0.2) is 47.0 Å². The number of benzene rings is 2. The van der Waals surface area contributed by atoms with Crippen molar-refractivity contribution in [2.45, 2.75) is 25.8 Å². The van der Waals surface area contributed by atoms with Gasteiger partial charge in [0.25, 0.3) is 5.89 Å². The summed E-state index contributed by atoms with van der Waals surface area (Å²) in [7, 11) is 0. The lowest BCUT2D eigenvalue weighted by molar-refractivity contribution is 0.379. The first-order chi connectivity index (χ1) is 9.60. The molecule has 1 heterocycles. The van der Waals surface area contributed by atoms with Crippen LogP contribution < -0.4 is 5.73 Å². The summed E-state index contributed by atoms with van der Waals surface area (Å²) in [6, 6.07) is 14.3. The zero-order valence-electron chi connectivity index (χ0n) is 11.6. The van der Waals surface area contributed by atoms with Gasteiger partial charge in [0.05, 0.1) is 5.54 Å². The fourth-order valence-electron chi connectivity index (χ4n) is 2.05. The van der Waals surface area contributed by atoms with Gasteiger partial charge in [-0.05, 0) is 36.2 Å². The van der Waals surface area contributed by atoms with Crippen molar-refractivity contribution in [1.82, 2.24) is 10.1 Å². The Morgan fingerprint density at radius 1 is 1.15 bits per heavy atom. The fraction of sp³-hybridized carbons (Fsp3) is 0.250. The van der Waals surface area contributed by atoms with Gasteiger partial charge in [-0.15, -0.1) is 0 Å². The van der Waals surface area contributed by atoms with E-state index in [4.69, 9.17) is 10.3 Å². The molecule has 2 N–H and O–H groups in total. The Labute approximate surface area is 117 Å². The Morgan fingerprint density at radius 3 is 2.65 bits per heavy atom. The minimum atomic E-state index is -0.557. The zero-order chi connectivity index (χ0) is 14.2. The van der Waals surface area contributed by atoms with Gasteiger partial charge in [0.15, 0.2) is 5.82 Å². The first-order valence-corrected chi connectivity index (χ1v) is 6.72. The van der Waals surface area contributed by atoms with Crippen LogP contribution in [0.5, 0.6) is 0 Å². The zero-order valence-corrected chi connectivity index (χ0v) is 11.6. The number of fused-ring (bicyclic) bond motifs is 1. The summed E-state index contributed by atoms with van der Waals surface area (Å²) in [5, 5.41) is 6.34. The molecule has 1 unspecified atom stereocenters. The second-order valence-electron chi connectivity index (χ2n) is 5.26. The van der Waals surface area contributed by atoms with Gasteiger partial charge in [0.2, 0.25) is 0 Å². The third-order valence-corrected chi connectivity index (χ3v) is 3.67. The van der Waals surface area contributed by atoms with E-state index < -0.39 is 5.54 Å². The maximum Gasteiger partial charge on any atom is 0.258 e. The number of rotatable bonds is 3. The molecule has 4 nitrogen and oxygen atoms in total. The molecule has 102 valence electrons. The summed E-state index contributed by atoms with van der Waals surface area (Å²) < 4.78 is 5.35. The quantitative estimate of drug-likeness (QED) is 0.789. The van der Waals surface area contributed by atoms with Crippen LogP contribution in [0.2, 0.25) is 0 Å². The molecule has 4 heteroatoms. The Bertz CT molecular complexity index is 746. The van der Waals surface area contributed by atoms with Gasteiger partial charge in [-0.3, -0.25) is 0 Å². The lowest BCUT2D eigenvalue weighted by Gasteiger charge is -2.16. The first-order valence-electron chi connectivity index (χ1n) is 6.72. The molecule has 0 saturated carbocycles. The molecule has 0 radical (unpaired) electrons. The van der Waals surface area contributed by atoms with Gasteiger partial charge in [0, 0.05) is 5.56 Å². The van der Waals surface area contributed by atoms with Gasteiger partial charge in [-0.2, -0.15) is 4.98 Å². The van der Waals surface area contributed by atoms with Crippen molar-refractivity contribution in [1.29, 1.82) is 0 Å². The van der Waals surface area contributed by atoms with Gasteiger partial charge in [0.1, 0.15) is 0 Å². The van der Waals surface area contributed by atoms with Crippen molar-refractivity contribution in [3.05, 3.63) is 48.3 Å². The van der Waals surface area contributed by atoms with Crippen molar-refractivity contribution in [2.75, 3.05) is 0 Å². The van der Waals surface area contributed by atoms with Crippen molar-refractivity contribution in [3.63, 3.8) is 0 Å². The van der Waals surface area contributed by atoms with Gasteiger partial charge >= 0.3 is 0 Å². The summed E-state index contributed by atoms with van der Waals surface area (Å²) in [5.74, 6) is 1.05. The van der Waals surface area contributed by atoms with Crippen LogP contribution in [0.3, 0.4) is 0 Å². The summed E-state index contributed by atoms with van der Waals surface area (Å²) in [5.41, 5.74) is 6.49. The summed E-state index contributed by atoms with van der Waals surface area (Å²) in [4.78, 5) is 4.43. The van der Waals surface area contributed by atoms with E-state index in [2.05, 4.69) is 28.3 Å². The normalized spacial score (nSPS) is 14.3. The second kappa shape index (κ2) is 4.72. The molecule has 0 aliphatic carbocycles. The van der Waals surface area contributed by atoms with Crippen LogP contribution in [0.4, 0.5) is 0 Å². The van der Waals surface area contributed by atoms with Crippen LogP contribution in [0.1, 0.15) is 26.1 Å². The fourth-order valence-corrected chi connectivity index (χ4v) is 2.05. The van der Waals surface area contributed by atoms with Crippen LogP contribution in [0.25, 0.3) is 22.2 Å². The van der Waals surface area contributed by atoms with E-state index in [0.29, 0.717) is 11.7 Å². The minimum absolute atomic E-state index is 0.510. The first kappa shape index (κ1) is 12.8. The van der Waals surface area contributed by atoms with E-state index in [1.807, 2.05) is 38.1 Å². The van der Waals surface area contributed by atoms with Crippen LogP contribution in [-0.2, 0) is 5.54 Å². The number of hydrogen-bond acceptors (Lipinski definition) is 4. The lowest BCUT2D eigenvalue weighted by Crippen LogP contribution is -2.33. The van der Waals surface area contributed by atoms with E-state index in [0.717, 1.165) is 17.4 Å². The summed E-state index contributed by atoms with van der Waals surface area (Å²) >= 11 is 0. The average molecular weight is 267 g/mol. The summed E-state index contributed by atoms with van der Waals surface area (Å²) in [6.07, 6.45) is 0.754. The number of aromatic nitrogens is 2. The molecule has 1 atom stereocenters. The van der Waals surface area contributed by atoms with Crippen LogP contribution in [-0.4, -0.2) is 10.1 Å². The Balaban J connectivity index is 2.03. The van der Waals surface area contributed by atoms with Gasteiger partial charge in [-0.1, -0.05) is 42.4 Å². The highest BCUT2D eigenvalue weighted by Crippen LogP contribution is 2.25. The SMILES string of the molecule is CCC(C)(N)c1noc(-c2ccc3ccccc3c2)n1. The van der Waals surface area contributed by atoms with Crippen LogP contribution in [0, 0.1) is 0 Å². The van der Waals surface area contributed by atoms with E-state index in [1.165, 1.54) is 5.39 Å². The molecule has 0 aliphatic heterocycles. The predicted octanol–water partition coefficient (Wildman–Crippen LogP) is 3.47. The molecular weight excluding hydrogens is 250 g/mol. The second-order valence-corrected chi connectivity index (χ2v) is 5.26. The number of nitrogens with zero attached hydrogens (tertiary/aromatic N) is 2. The molecule has 0 saturated heterocycles. The average Bonchev–Trinajstić information content (AvgIpc) is 2.97. The highest BCUT2D eigenvalue weighted by Gasteiger charge is 2.25. The predicted molar refractivity (Wildman–Crippen MR) is 79.1 cm³/mol. The molecule has 3 rings (SSSR count). The van der Waals surface area contributed by atoms with E-state index in [1.54, 1.807) is 0 Å². The third-order valence-electron chi connectivity index (χ3n) is 3.67. The molecule has 0 bridgehead atoms. The van der Waals surface area contributed by atoms with Crippen molar-refractivity contribution in [3.8, 4) is 11.5 Å². The highest BCUT2D eigenvalue weighted by molar-refractivity contribution is 5.86. The Hall–Kier alpha value is -2.20. The smallest absolute Gasteiger partial charge is 0.258 e. The Kier molecular flexibility index (Phi) is 3.03. The van der Waals surface area contributed by atoms with E-state index in [9.17, 15) is 0 Å². The topological polar surface area (TPSA) is 64.9 Å². The molecular formula is C16H17N3O. The molecule has 0 amide bonds. The molecule has 0 spiro atoms.